The number of nitrogens with zero attached hydrogens (tertiary/aromatic N) is 4. The van der Waals surface area contributed by atoms with Crippen molar-refractivity contribution >= 4 is 35.6 Å². The second-order valence-corrected chi connectivity index (χ2v) is 6.50. The molecule has 156 valence electrons. The smallest absolute Gasteiger partial charge is 0.191 e. The van der Waals surface area contributed by atoms with Crippen molar-refractivity contribution < 1.29 is 4.74 Å². The van der Waals surface area contributed by atoms with Crippen LogP contribution in [0.5, 0.6) is 5.75 Å². The lowest BCUT2D eigenvalue weighted by atomic mass is 10.2. The number of ether oxygens (including phenoxy) is 1. The van der Waals surface area contributed by atoms with Gasteiger partial charge in [0.2, 0.25) is 0 Å². The van der Waals surface area contributed by atoms with Crippen molar-refractivity contribution in [1.29, 1.82) is 0 Å². The van der Waals surface area contributed by atoms with Crippen LogP contribution in [0.25, 0.3) is 5.65 Å². The fourth-order valence-electron chi connectivity index (χ4n) is 2.80. The summed E-state index contributed by atoms with van der Waals surface area (Å²) in [5.41, 5.74) is 2.11. The van der Waals surface area contributed by atoms with Crippen LogP contribution in [-0.2, 0) is 6.42 Å². The van der Waals surface area contributed by atoms with Gasteiger partial charge in [-0.15, -0.1) is 34.2 Å². The number of fused-ring (bicyclic) bond motifs is 1. The molecule has 8 heteroatoms. The number of aliphatic imine (C=N–C) groups is 1. The Bertz CT molecular complexity index is 894. The molecule has 0 aliphatic carbocycles. The topological polar surface area (TPSA) is 75.8 Å². The van der Waals surface area contributed by atoms with E-state index >= 15 is 0 Å². The zero-order valence-corrected chi connectivity index (χ0v) is 19.3. The minimum Gasteiger partial charge on any atom is -0.492 e. The van der Waals surface area contributed by atoms with Crippen LogP contribution in [0.1, 0.15) is 24.7 Å². The molecule has 3 rings (SSSR count). The summed E-state index contributed by atoms with van der Waals surface area (Å²) in [6.45, 7) is 6.93. The average Bonchev–Trinajstić information content (AvgIpc) is 3.13. The Labute approximate surface area is 189 Å². The average molecular weight is 508 g/mol. The van der Waals surface area contributed by atoms with Crippen molar-refractivity contribution in [3.8, 4) is 5.75 Å². The number of aryl methyl sites for hydroxylation is 2. The predicted molar refractivity (Wildman–Crippen MR) is 127 cm³/mol. The fraction of sp³-hybridized carbons (Fsp3) is 0.381. The molecular weight excluding hydrogens is 479 g/mol. The van der Waals surface area contributed by atoms with Gasteiger partial charge < -0.3 is 15.4 Å². The first-order valence-electron chi connectivity index (χ1n) is 9.76. The minimum atomic E-state index is 0. The molecule has 0 saturated heterocycles. The summed E-state index contributed by atoms with van der Waals surface area (Å²) in [4.78, 5) is 4.63. The third-order valence-electron chi connectivity index (χ3n) is 4.24. The van der Waals surface area contributed by atoms with E-state index in [0.717, 1.165) is 49.1 Å². The van der Waals surface area contributed by atoms with Crippen LogP contribution in [0.4, 0.5) is 0 Å². The monoisotopic (exact) mass is 508 g/mol. The predicted octanol–water partition coefficient (Wildman–Crippen LogP) is 3.22. The molecule has 0 bridgehead atoms. The number of rotatable bonds is 9. The molecule has 1 aromatic carbocycles. The van der Waals surface area contributed by atoms with Gasteiger partial charge in [-0.25, -0.2) is 0 Å². The fourth-order valence-corrected chi connectivity index (χ4v) is 2.80. The molecule has 0 aliphatic rings. The van der Waals surface area contributed by atoms with Gasteiger partial charge in [0.15, 0.2) is 11.6 Å². The molecule has 0 unspecified atom stereocenters. The summed E-state index contributed by atoms with van der Waals surface area (Å²) in [5.74, 6) is 2.66. The highest BCUT2D eigenvalue weighted by Gasteiger charge is 2.04. The van der Waals surface area contributed by atoms with Gasteiger partial charge in [-0.1, -0.05) is 23.8 Å². The number of hydrogen-bond donors (Lipinski definition) is 2. The summed E-state index contributed by atoms with van der Waals surface area (Å²) in [7, 11) is 0. The van der Waals surface area contributed by atoms with E-state index in [0.29, 0.717) is 13.2 Å². The van der Waals surface area contributed by atoms with E-state index in [1.165, 1.54) is 5.56 Å². The van der Waals surface area contributed by atoms with Crippen LogP contribution in [-0.4, -0.2) is 46.8 Å². The van der Waals surface area contributed by atoms with Gasteiger partial charge in [0.25, 0.3) is 0 Å². The molecule has 29 heavy (non-hydrogen) atoms. The Morgan fingerprint density at radius 2 is 1.93 bits per heavy atom. The maximum Gasteiger partial charge on any atom is 0.191 e. The van der Waals surface area contributed by atoms with Gasteiger partial charge in [-0.05, 0) is 44.5 Å². The van der Waals surface area contributed by atoms with E-state index in [-0.39, 0.29) is 24.0 Å². The maximum atomic E-state index is 5.74. The number of halogens is 1. The van der Waals surface area contributed by atoms with E-state index in [4.69, 9.17) is 4.74 Å². The lowest BCUT2D eigenvalue weighted by Gasteiger charge is -2.12. The van der Waals surface area contributed by atoms with Gasteiger partial charge in [0.1, 0.15) is 18.2 Å². The Balaban J connectivity index is 0.00000300. The molecule has 0 atom stereocenters. The molecule has 0 spiro atoms. The van der Waals surface area contributed by atoms with Gasteiger partial charge >= 0.3 is 0 Å². The SMILES string of the molecule is CCNC(=NCCCc1nnc2ccccn12)NCCOc1ccc(C)cc1.I. The second-order valence-electron chi connectivity index (χ2n) is 6.50. The maximum absolute atomic E-state index is 5.74. The van der Waals surface area contributed by atoms with E-state index in [2.05, 4.69) is 39.7 Å². The van der Waals surface area contributed by atoms with E-state index in [9.17, 15) is 0 Å². The summed E-state index contributed by atoms with van der Waals surface area (Å²) in [6, 6.07) is 14.0. The number of hydrogen-bond acceptors (Lipinski definition) is 4. The molecular formula is C21H29IN6O. The van der Waals surface area contributed by atoms with Crippen LogP contribution >= 0.6 is 24.0 Å². The van der Waals surface area contributed by atoms with Crippen LogP contribution in [0.3, 0.4) is 0 Å². The highest BCUT2D eigenvalue weighted by molar-refractivity contribution is 14.0. The Kier molecular flexibility index (Phi) is 9.69. The van der Waals surface area contributed by atoms with E-state index in [1.54, 1.807) is 0 Å². The van der Waals surface area contributed by atoms with Crippen LogP contribution in [0.15, 0.2) is 53.7 Å². The zero-order valence-electron chi connectivity index (χ0n) is 17.0. The lowest BCUT2D eigenvalue weighted by Crippen LogP contribution is -2.39. The zero-order chi connectivity index (χ0) is 19.6. The van der Waals surface area contributed by atoms with Gasteiger partial charge in [-0.3, -0.25) is 9.39 Å². The summed E-state index contributed by atoms with van der Waals surface area (Å²) in [5, 5.41) is 15.0. The highest BCUT2D eigenvalue weighted by atomic mass is 127. The molecule has 2 N–H and O–H groups in total. The first-order chi connectivity index (χ1) is 13.8. The normalized spacial score (nSPS) is 11.2. The third-order valence-corrected chi connectivity index (χ3v) is 4.24. The van der Waals surface area contributed by atoms with Crippen molar-refractivity contribution in [3.05, 3.63) is 60.0 Å². The first kappa shape index (κ1) is 22.9. The number of nitrogens with one attached hydrogen (secondary N) is 2. The van der Waals surface area contributed by atoms with Gasteiger partial charge in [0.05, 0.1) is 6.54 Å². The number of guanidine groups is 1. The molecule has 0 saturated carbocycles. The molecule has 0 amide bonds. The largest absolute Gasteiger partial charge is 0.492 e. The van der Waals surface area contributed by atoms with Crippen molar-refractivity contribution in [2.45, 2.75) is 26.7 Å². The molecule has 0 aliphatic heterocycles. The molecule has 3 aromatic rings. The van der Waals surface area contributed by atoms with Gasteiger partial charge in [0, 0.05) is 25.7 Å². The van der Waals surface area contributed by atoms with Crippen molar-refractivity contribution in [1.82, 2.24) is 25.2 Å². The summed E-state index contributed by atoms with van der Waals surface area (Å²) < 4.78 is 7.77. The Morgan fingerprint density at radius 1 is 1.10 bits per heavy atom. The highest BCUT2D eigenvalue weighted by Crippen LogP contribution is 2.10. The number of benzene rings is 1. The Morgan fingerprint density at radius 3 is 2.72 bits per heavy atom. The lowest BCUT2D eigenvalue weighted by molar-refractivity contribution is 0.322. The number of pyridine rings is 1. The first-order valence-corrected chi connectivity index (χ1v) is 9.76. The van der Waals surface area contributed by atoms with E-state index in [1.807, 2.05) is 53.1 Å². The Hall–Kier alpha value is -2.36. The standard InChI is InChI=1S/C21H28N6O.HI/c1-3-22-21(24-14-16-28-18-11-9-17(2)10-12-18)23-13-6-8-20-26-25-19-7-4-5-15-27(19)20;/h4-5,7,9-12,15H,3,6,8,13-14,16H2,1-2H3,(H2,22,23,24);1H. The molecule has 7 nitrogen and oxygen atoms in total. The van der Waals surface area contributed by atoms with Crippen LogP contribution in [0.2, 0.25) is 0 Å². The van der Waals surface area contributed by atoms with Crippen LogP contribution in [0, 0.1) is 6.92 Å². The van der Waals surface area contributed by atoms with Crippen molar-refractivity contribution in [2.24, 2.45) is 4.99 Å². The molecule has 0 fully saturated rings. The quantitative estimate of drug-likeness (QED) is 0.201. The molecule has 2 aromatic heterocycles. The van der Waals surface area contributed by atoms with Crippen molar-refractivity contribution in [3.63, 3.8) is 0 Å². The molecule has 2 heterocycles. The van der Waals surface area contributed by atoms with E-state index < -0.39 is 0 Å². The third kappa shape index (κ3) is 7.19. The number of aromatic nitrogens is 3. The molecule has 0 radical (unpaired) electrons. The summed E-state index contributed by atoms with van der Waals surface area (Å²) >= 11 is 0. The van der Waals surface area contributed by atoms with Gasteiger partial charge in [-0.2, -0.15) is 0 Å². The summed E-state index contributed by atoms with van der Waals surface area (Å²) in [6.07, 6.45) is 3.74. The minimum absolute atomic E-state index is 0. The van der Waals surface area contributed by atoms with Crippen molar-refractivity contribution in [2.75, 3.05) is 26.2 Å². The second kappa shape index (κ2) is 12.3. The van der Waals surface area contributed by atoms with Crippen LogP contribution < -0.4 is 15.4 Å².